The van der Waals surface area contributed by atoms with Crippen molar-refractivity contribution in [1.82, 2.24) is 9.97 Å². The first-order valence-electron chi connectivity index (χ1n) is 3.44. The van der Waals surface area contributed by atoms with E-state index in [1.807, 2.05) is 6.92 Å². The highest BCUT2D eigenvalue weighted by Gasteiger charge is 2.12. The summed E-state index contributed by atoms with van der Waals surface area (Å²) in [7, 11) is 0. The minimum atomic E-state index is -0.774. The fourth-order valence-corrected chi connectivity index (χ4v) is 0.783. The Labute approximate surface area is 69.5 Å². The van der Waals surface area contributed by atoms with Crippen LogP contribution in [0, 0.1) is 19.3 Å². The number of nitrogens with two attached hydrogens (primary N) is 1. The molecule has 0 saturated heterocycles. The molecule has 5 nitrogen and oxygen atoms in total. The molecule has 0 spiro atoms. The molecule has 0 radical (unpaired) electrons. The number of hydrogen-bond donors (Lipinski definition) is 3. The largest absolute Gasteiger partial charge is 0.364 e. The molecular weight excluding hydrogens is 156 g/mol. The number of aromatic amines is 1. The molecule has 0 aliphatic rings. The van der Waals surface area contributed by atoms with Gasteiger partial charge in [0.1, 0.15) is 0 Å². The van der Waals surface area contributed by atoms with E-state index in [-0.39, 0.29) is 11.5 Å². The quantitative estimate of drug-likeness (QED) is 0.534. The standard InChI is InChI=1S/C7H10N4O/c1-3-4(2)11-7(10-3)5(8)6(9)12/h8H,1-2H3,(H2,9,12)(H,10,11). The van der Waals surface area contributed by atoms with E-state index >= 15 is 0 Å². The summed E-state index contributed by atoms with van der Waals surface area (Å²) < 4.78 is 0. The maximum Gasteiger partial charge on any atom is 0.270 e. The van der Waals surface area contributed by atoms with Crippen molar-refractivity contribution in [3.05, 3.63) is 17.2 Å². The third-order valence-corrected chi connectivity index (χ3v) is 1.61. The van der Waals surface area contributed by atoms with Gasteiger partial charge in [-0.1, -0.05) is 0 Å². The van der Waals surface area contributed by atoms with Crippen LogP contribution in [0.15, 0.2) is 0 Å². The van der Waals surface area contributed by atoms with E-state index in [0.717, 1.165) is 11.4 Å². The Bertz CT molecular complexity index is 320. The van der Waals surface area contributed by atoms with E-state index in [0.29, 0.717) is 0 Å². The first-order valence-corrected chi connectivity index (χ1v) is 3.44. The van der Waals surface area contributed by atoms with Gasteiger partial charge in [0.25, 0.3) is 5.91 Å². The molecule has 1 aromatic heterocycles. The van der Waals surface area contributed by atoms with Gasteiger partial charge in [-0.15, -0.1) is 0 Å². The molecule has 1 amide bonds. The van der Waals surface area contributed by atoms with E-state index in [2.05, 4.69) is 9.97 Å². The maximum atomic E-state index is 10.6. The number of aromatic nitrogens is 2. The number of nitrogens with one attached hydrogen (secondary N) is 2. The number of primary amides is 1. The Hall–Kier alpha value is -1.65. The van der Waals surface area contributed by atoms with Crippen LogP contribution >= 0.6 is 0 Å². The Balaban J connectivity index is 3.05. The second-order valence-corrected chi connectivity index (χ2v) is 2.54. The Morgan fingerprint density at radius 3 is 2.50 bits per heavy atom. The van der Waals surface area contributed by atoms with E-state index in [9.17, 15) is 4.79 Å². The van der Waals surface area contributed by atoms with E-state index in [1.54, 1.807) is 6.92 Å². The molecule has 4 N–H and O–H groups in total. The predicted molar refractivity (Wildman–Crippen MR) is 44.1 cm³/mol. The smallest absolute Gasteiger partial charge is 0.270 e. The fourth-order valence-electron chi connectivity index (χ4n) is 0.783. The first kappa shape index (κ1) is 8.45. The normalized spacial score (nSPS) is 9.83. The summed E-state index contributed by atoms with van der Waals surface area (Å²) in [5.74, 6) is -0.541. The first-order chi connectivity index (χ1) is 5.52. The molecule has 0 unspecified atom stereocenters. The number of hydrogen-bond acceptors (Lipinski definition) is 3. The summed E-state index contributed by atoms with van der Waals surface area (Å²) in [6.45, 7) is 3.61. The van der Waals surface area contributed by atoms with Gasteiger partial charge in [0, 0.05) is 5.69 Å². The molecule has 0 saturated carbocycles. The van der Waals surface area contributed by atoms with Crippen molar-refractivity contribution >= 4 is 11.6 Å². The number of amides is 1. The molecule has 0 fully saturated rings. The summed E-state index contributed by atoms with van der Waals surface area (Å²) in [4.78, 5) is 17.3. The molecule has 1 heterocycles. The molecule has 64 valence electrons. The Morgan fingerprint density at radius 1 is 1.58 bits per heavy atom. The van der Waals surface area contributed by atoms with Crippen LogP contribution in [0.3, 0.4) is 0 Å². The lowest BCUT2D eigenvalue weighted by Crippen LogP contribution is -2.24. The Kier molecular flexibility index (Phi) is 1.95. The zero-order valence-electron chi connectivity index (χ0n) is 6.93. The molecule has 12 heavy (non-hydrogen) atoms. The third-order valence-electron chi connectivity index (χ3n) is 1.61. The molecule has 1 rings (SSSR count). The highest BCUT2D eigenvalue weighted by molar-refractivity contribution is 6.42. The molecule has 0 aliphatic carbocycles. The number of aryl methyl sites for hydroxylation is 2. The van der Waals surface area contributed by atoms with Gasteiger partial charge in [0.15, 0.2) is 11.5 Å². The van der Waals surface area contributed by atoms with Crippen LogP contribution in [0.25, 0.3) is 0 Å². The van der Waals surface area contributed by atoms with Crippen LogP contribution in [0.5, 0.6) is 0 Å². The number of nitrogens with zero attached hydrogens (tertiary/aromatic N) is 1. The van der Waals surface area contributed by atoms with Gasteiger partial charge < -0.3 is 10.7 Å². The lowest BCUT2D eigenvalue weighted by atomic mass is 10.3. The van der Waals surface area contributed by atoms with Crippen molar-refractivity contribution < 1.29 is 4.79 Å². The third kappa shape index (κ3) is 1.34. The molecular formula is C7H10N4O. The van der Waals surface area contributed by atoms with Crippen LogP contribution in [0.1, 0.15) is 17.2 Å². The van der Waals surface area contributed by atoms with Gasteiger partial charge in [-0.05, 0) is 13.8 Å². The van der Waals surface area contributed by atoms with Gasteiger partial charge in [-0.2, -0.15) is 0 Å². The summed E-state index contributed by atoms with van der Waals surface area (Å²) in [6, 6.07) is 0. The van der Waals surface area contributed by atoms with Gasteiger partial charge in [0.05, 0.1) is 5.69 Å². The average molecular weight is 166 g/mol. The zero-order chi connectivity index (χ0) is 9.30. The summed E-state index contributed by atoms with van der Waals surface area (Å²) >= 11 is 0. The van der Waals surface area contributed by atoms with Gasteiger partial charge in [-0.3, -0.25) is 10.2 Å². The topological polar surface area (TPSA) is 95.6 Å². The molecule has 0 bridgehead atoms. The highest BCUT2D eigenvalue weighted by Crippen LogP contribution is 2.02. The lowest BCUT2D eigenvalue weighted by Gasteiger charge is -1.91. The zero-order valence-corrected chi connectivity index (χ0v) is 6.93. The number of carbonyl (C=O) groups excluding carboxylic acids is 1. The molecule has 0 aliphatic heterocycles. The fraction of sp³-hybridized carbons (Fsp3) is 0.286. The predicted octanol–water partition coefficient (Wildman–Crippen LogP) is -0.120. The highest BCUT2D eigenvalue weighted by atomic mass is 16.1. The number of imidazole rings is 1. The molecule has 5 heteroatoms. The van der Waals surface area contributed by atoms with Crippen molar-refractivity contribution in [3.8, 4) is 0 Å². The number of H-pyrrole nitrogens is 1. The van der Waals surface area contributed by atoms with Crippen LogP contribution in [-0.2, 0) is 4.79 Å². The van der Waals surface area contributed by atoms with Crippen molar-refractivity contribution in [2.75, 3.05) is 0 Å². The van der Waals surface area contributed by atoms with E-state index < -0.39 is 5.91 Å². The van der Waals surface area contributed by atoms with Gasteiger partial charge in [-0.25, -0.2) is 4.98 Å². The van der Waals surface area contributed by atoms with E-state index in [1.165, 1.54) is 0 Å². The van der Waals surface area contributed by atoms with Crippen LogP contribution in [0.2, 0.25) is 0 Å². The van der Waals surface area contributed by atoms with Gasteiger partial charge >= 0.3 is 0 Å². The summed E-state index contributed by atoms with van der Waals surface area (Å²) in [5, 5.41) is 7.23. The van der Waals surface area contributed by atoms with Crippen molar-refractivity contribution in [1.29, 1.82) is 5.41 Å². The Morgan fingerprint density at radius 2 is 2.17 bits per heavy atom. The monoisotopic (exact) mass is 166 g/mol. The lowest BCUT2D eigenvalue weighted by molar-refractivity contribution is -0.112. The van der Waals surface area contributed by atoms with Crippen molar-refractivity contribution in [3.63, 3.8) is 0 Å². The minimum Gasteiger partial charge on any atom is -0.364 e. The second-order valence-electron chi connectivity index (χ2n) is 2.54. The molecule has 0 aromatic carbocycles. The number of carbonyl (C=O) groups is 1. The minimum absolute atomic E-state index is 0.234. The van der Waals surface area contributed by atoms with Crippen molar-refractivity contribution in [2.45, 2.75) is 13.8 Å². The van der Waals surface area contributed by atoms with Crippen molar-refractivity contribution in [2.24, 2.45) is 5.73 Å². The van der Waals surface area contributed by atoms with Crippen LogP contribution < -0.4 is 5.73 Å². The number of rotatable bonds is 2. The van der Waals surface area contributed by atoms with Gasteiger partial charge in [0.2, 0.25) is 0 Å². The second kappa shape index (κ2) is 2.77. The molecule has 1 aromatic rings. The van der Waals surface area contributed by atoms with E-state index in [4.69, 9.17) is 11.1 Å². The molecule has 0 atom stereocenters. The van der Waals surface area contributed by atoms with Crippen LogP contribution in [-0.4, -0.2) is 21.6 Å². The SMILES string of the molecule is Cc1nc(C(=N)C(N)=O)[nH]c1C. The average Bonchev–Trinajstić information content (AvgIpc) is 2.30. The van der Waals surface area contributed by atoms with Crippen LogP contribution in [0.4, 0.5) is 0 Å². The maximum absolute atomic E-state index is 10.6. The summed E-state index contributed by atoms with van der Waals surface area (Å²) in [6.07, 6.45) is 0. The summed E-state index contributed by atoms with van der Waals surface area (Å²) in [5.41, 5.74) is 6.24.